The Morgan fingerprint density at radius 2 is 1.82 bits per heavy atom. The molecule has 3 aliphatic rings. The Labute approximate surface area is 201 Å². The molecule has 0 radical (unpaired) electrons. The lowest BCUT2D eigenvalue weighted by Gasteiger charge is -2.39. The molecule has 1 spiro atoms. The molecule has 4 rings (SSSR count). The molecule has 3 amide bonds. The van der Waals surface area contributed by atoms with Crippen molar-refractivity contribution in [1.82, 2.24) is 10.2 Å². The molecular formula is C26H37N3O5. The van der Waals surface area contributed by atoms with Crippen molar-refractivity contribution in [3.05, 3.63) is 30.3 Å². The molecule has 2 unspecified atom stereocenters. The molecule has 3 fully saturated rings. The van der Waals surface area contributed by atoms with E-state index in [1.807, 2.05) is 59.7 Å². The van der Waals surface area contributed by atoms with Gasteiger partial charge in [-0.25, -0.2) is 0 Å². The number of carbonyl (C=O) groups is 3. The van der Waals surface area contributed by atoms with Gasteiger partial charge in [-0.15, -0.1) is 0 Å². The van der Waals surface area contributed by atoms with Gasteiger partial charge >= 0.3 is 0 Å². The van der Waals surface area contributed by atoms with Crippen molar-refractivity contribution in [3.8, 4) is 0 Å². The number of aliphatic hydroxyl groups excluding tert-OH is 1. The first-order chi connectivity index (χ1) is 15.8. The van der Waals surface area contributed by atoms with Crippen LogP contribution in [0.5, 0.6) is 0 Å². The minimum absolute atomic E-state index is 0.0847. The number of anilines is 1. The highest BCUT2D eigenvalue weighted by Gasteiger charge is 2.78. The molecule has 1 aromatic carbocycles. The van der Waals surface area contributed by atoms with E-state index in [9.17, 15) is 19.5 Å². The molecule has 1 aromatic rings. The second kappa shape index (κ2) is 8.34. The Bertz CT molecular complexity index is 974. The first-order valence-electron chi connectivity index (χ1n) is 12.2. The summed E-state index contributed by atoms with van der Waals surface area (Å²) in [4.78, 5) is 42.8. The summed E-state index contributed by atoms with van der Waals surface area (Å²) in [5, 5.41) is 16.2. The number of fused-ring (bicyclic) bond motifs is 1. The van der Waals surface area contributed by atoms with Crippen molar-refractivity contribution in [2.75, 3.05) is 11.9 Å². The second-order valence-electron chi connectivity index (χ2n) is 11.6. The lowest BCUT2D eigenvalue weighted by molar-refractivity contribution is -0.150. The van der Waals surface area contributed by atoms with E-state index in [1.54, 1.807) is 12.1 Å². The number of carbonyl (C=O) groups excluding carboxylic acids is 3. The summed E-state index contributed by atoms with van der Waals surface area (Å²) >= 11 is 0. The third kappa shape index (κ3) is 3.81. The maximum atomic E-state index is 14.0. The number of nitrogens with one attached hydrogen (secondary N) is 2. The summed E-state index contributed by atoms with van der Waals surface area (Å²) in [6.07, 6.45) is 1.08. The van der Waals surface area contributed by atoms with Gasteiger partial charge in [-0.2, -0.15) is 0 Å². The van der Waals surface area contributed by atoms with E-state index in [4.69, 9.17) is 4.74 Å². The Hall–Kier alpha value is -2.45. The zero-order valence-electron chi connectivity index (χ0n) is 20.9. The molecular weight excluding hydrogens is 434 g/mol. The molecule has 0 aromatic heterocycles. The smallest absolute Gasteiger partial charge is 0.246 e. The minimum atomic E-state index is -1.11. The van der Waals surface area contributed by atoms with Crippen LogP contribution >= 0.6 is 0 Å². The van der Waals surface area contributed by atoms with Crippen LogP contribution in [-0.2, 0) is 19.1 Å². The zero-order valence-corrected chi connectivity index (χ0v) is 20.9. The molecule has 8 heteroatoms. The number of benzene rings is 1. The number of amides is 3. The van der Waals surface area contributed by atoms with Crippen LogP contribution in [0.3, 0.4) is 0 Å². The van der Waals surface area contributed by atoms with Crippen molar-refractivity contribution in [2.24, 2.45) is 17.8 Å². The van der Waals surface area contributed by atoms with Crippen LogP contribution in [0.15, 0.2) is 30.3 Å². The number of para-hydroxylation sites is 1. The standard InChI is InChI=1S/C26H37N3O5/c1-15(2)17(14-30)29-20(22(32)28-24(3,4)5)26-13-12-25(6,34-26)18(19(26)23(29)33)21(31)27-16-10-8-7-9-11-16/h7-11,15,17-20,30H,12-14H2,1-6H3,(H,27,31)(H,28,32)/t17-,18-,19-,20?,25+,26?/m0/s1. The molecule has 3 aliphatic heterocycles. The molecule has 0 saturated carbocycles. The van der Waals surface area contributed by atoms with E-state index < -0.39 is 40.7 Å². The maximum Gasteiger partial charge on any atom is 0.246 e. The largest absolute Gasteiger partial charge is 0.394 e. The highest BCUT2D eigenvalue weighted by atomic mass is 16.5. The Morgan fingerprint density at radius 1 is 1.18 bits per heavy atom. The number of aliphatic hydroxyl groups is 1. The van der Waals surface area contributed by atoms with E-state index in [0.29, 0.717) is 18.5 Å². The van der Waals surface area contributed by atoms with E-state index in [2.05, 4.69) is 10.6 Å². The summed E-state index contributed by atoms with van der Waals surface area (Å²) < 4.78 is 6.60. The SMILES string of the molecule is CC(C)[C@H](CO)N1C(=O)[C@@H]2[C@@H](C(=O)Nc3ccccc3)[C@@]3(C)CCC2(O3)C1C(=O)NC(C)(C)C. The first-order valence-corrected chi connectivity index (χ1v) is 12.2. The number of rotatable bonds is 6. The summed E-state index contributed by atoms with van der Waals surface area (Å²) in [5.74, 6) is -2.50. The lowest BCUT2D eigenvalue weighted by Crippen LogP contribution is -2.61. The van der Waals surface area contributed by atoms with Gasteiger partial charge in [0.1, 0.15) is 11.6 Å². The van der Waals surface area contributed by atoms with Crippen LogP contribution in [0.2, 0.25) is 0 Å². The fourth-order valence-electron chi connectivity index (χ4n) is 6.22. The van der Waals surface area contributed by atoms with Gasteiger partial charge < -0.3 is 25.4 Å². The second-order valence-corrected chi connectivity index (χ2v) is 11.6. The predicted octanol–water partition coefficient (Wildman–Crippen LogP) is 2.32. The topological polar surface area (TPSA) is 108 Å². The van der Waals surface area contributed by atoms with E-state index >= 15 is 0 Å². The molecule has 2 bridgehead atoms. The fourth-order valence-corrected chi connectivity index (χ4v) is 6.22. The van der Waals surface area contributed by atoms with Gasteiger partial charge in [0, 0.05) is 11.2 Å². The van der Waals surface area contributed by atoms with Gasteiger partial charge in [0.2, 0.25) is 17.7 Å². The fraction of sp³-hybridized carbons (Fsp3) is 0.654. The van der Waals surface area contributed by atoms with Crippen LogP contribution in [0.4, 0.5) is 5.69 Å². The molecule has 3 N–H and O–H groups in total. The van der Waals surface area contributed by atoms with Crippen LogP contribution < -0.4 is 10.6 Å². The Kier molecular flexibility index (Phi) is 6.05. The number of ether oxygens (including phenoxy) is 1. The third-order valence-electron chi connectivity index (χ3n) is 7.60. The van der Waals surface area contributed by atoms with Gasteiger partial charge in [-0.3, -0.25) is 14.4 Å². The van der Waals surface area contributed by atoms with Gasteiger partial charge in [0.05, 0.1) is 30.1 Å². The molecule has 6 atom stereocenters. The van der Waals surface area contributed by atoms with Crippen molar-refractivity contribution >= 4 is 23.4 Å². The van der Waals surface area contributed by atoms with Crippen molar-refractivity contribution < 1.29 is 24.2 Å². The average molecular weight is 472 g/mol. The maximum absolute atomic E-state index is 14.0. The summed E-state index contributed by atoms with van der Waals surface area (Å²) in [5.41, 5.74) is -1.83. The minimum Gasteiger partial charge on any atom is -0.394 e. The summed E-state index contributed by atoms with van der Waals surface area (Å²) in [7, 11) is 0. The number of hydrogen-bond donors (Lipinski definition) is 3. The third-order valence-corrected chi connectivity index (χ3v) is 7.60. The molecule has 186 valence electrons. The van der Waals surface area contributed by atoms with E-state index in [0.717, 1.165) is 0 Å². The van der Waals surface area contributed by atoms with Crippen LogP contribution in [-0.4, -0.2) is 63.2 Å². The molecule has 3 saturated heterocycles. The highest BCUT2D eigenvalue weighted by molar-refractivity contribution is 6.02. The van der Waals surface area contributed by atoms with Crippen LogP contribution in [0.1, 0.15) is 54.4 Å². The molecule has 0 aliphatic carbocycles. The summed E-state index contributed by atoms with van der Waals surface area (Å²) in [6.45, 7) is 11.1. The predicted molar refractivity (Wildman–Crippen MR) is 128 cm³/mol. The number of hydrogen-bond acceptors (Lipinski definition) is 5. The van der Waals surface area contributed by atoms with Crippen molar-refractivity contribution in [1.29, 1.82) is 0 Å². The van der Waals surface area contributed by atoms with Gasteiger partial charge in [0.15, 0.2) is 0 Å². The number of likely N-dealkylation sites (tertiary alicyclic amines) is 1. The van der Waals surface area contributed by atoms with Crippen LogP contribution in [0.25, 0.3) is 0 Å². The lowest BCUT2D eigenvalue weighted by atomic mass is 9.66. The summed E-state index contributed by atoms with van der Waals surface area (Å²) in [6, 6.07) is 7.65. The molecule has 3 heterocycles. The zero-order chi connectivity index (χ0) is 25.1. The quantitative estimate of drug-likeness (QED) is 0.590. The normalized spacial score (nSPS) is 33.2. The highest BCUT2D eigenvalue weighted by Crippen LogP contribution is 2.63. The van der Waals surface area contributed by atoms with Gasteiger partial charge in [-0.1, -0.05) is 32.0 Å². The monoisotopic (exact) mass is 471 g/mol. The van der Waals surface area contributed by atoms with Crippen molar-refractivity contribution in [2.45, 2.75) is 83.2 Å². The molecule has 34 heavy (non-hydrogen) atoms. The van der Waals surface area contributed by atoms with Gasteiger partial charge in [0.25, 0.3) is 0 Å². The number of nitrogens with zero attached hydrogens (tertiary/aromatic N) is 1. The molecule has 8 nitrogen and oxygen atoms in total. The van der Waals surface area contributed by atoms with E-state index in [1.165, 1.54) is 4.90 Å². The van der Waals surface area contributed by atoms with Crippen molar-refractivity contribution in [3.63, 3.8) is 0 Å². The van der Waals surface area contributed by atoms with Crippen LogP contribution in [0, 0.1) is 17.8 Å². The average Bonchev–Trinajstić information content (AvgIpc) is 3.29. The Morgan fingerprint density at radius 3 is 2.38 bits per heavy atom. The Balaban J connectivity index is 1.77. The van der Waals surface area contributed by atoms with E-state index in [-0.39, 0.29) is 30.2 Å². The van der Waals surface area contributed by atoms with Gasteiger partial charge in [-0.05, 0) is 58.6 Å². The first kappa shape index (κ1) is 24.7.